The Morgan fingerprint density at radius 2 is 1.82 bits per heavy atom. The van der Waals surface area contributed by atoms with E-state index in [9.17, 15) is 15.3 Å². The van der Waals surface area contributed by atoms with Gasteiger partial charge >= 0.3 is 0 Å². The highest BCUT2D eigenvalue weighted by Gasteiger charge is 2.48. The van der Waals surface area contributed by atoms with Gasteiger partial charge in [-0.3, -0.25) is 0 Å². The molecule has 0 amide bonds. The minimum absolute atomic E-state index is 0.302. The molecule has 0 radical (unpaired) electrons. The van der Waals surface area contributed by atoms with Gasteiger partial charge < -0.3 is 20.1 Å². The third-order valence-corrected chi connectivity index (χ3v) is 3.33. The molecule has 2 aliphatic rings. The molecule has 2 aliphatic heterocycles. The highest BCUT2D eigenvalue weighted by molar-refractivity contribution is 8.00. The first-order valence-electron chi connectivity index (χ1n) is 3.51. The van der Waals surface area contributed by atoms with Crippen LogP contribution in [0.5, 0.6) is 0 Å². The van der Waals surface area contributed by atoms with Crippen LogP contribution < -0.4 is 0 Å². The lowest BCUT2D eigenvalue weighted by atomic mass is 10.0. The van der Waals surface area contributed by atoms with Crippen molar-refractivity contribution in [1.82, 2.24) is 0 Å². The van der Waals surface area contributed by atoms with Crippen molar-refractivity contribution in [3.63, 3.8) is 0 Å². The molecule has 0 aliphatic carbocycles. The summed E-state index contributed by atoms with van der Waals surface area (Å²) in [4.78, 5) is 0. The molecule has 0 unspecified atom stereocenters. The van der Waals surface area contributed by atoms with Crippen molar-refractivity contribution in [2.75, 3.05) is 5.75 Å². The van der Waals surface area contributed by atoms with E-state index in [2.05, 4.69) is 0 Å². The largest absolute Gasteiger partial charge is 0.388 e. The molecule has 2 bridgehead atoms. The summed E-state index contributed by atoms with van der Waals surface area (Å²) in [6.07, 6.45) is -3.23. The third-order valence-electron chi connectivity index (χ3n) is 2.09. The summed E-state index contributed by atoms with van der Waals surface area (Å²) in [5, 5.41) is 27.8. The Morgan fingerprint density at radius 3 is 2.55 bits per heavy atom. The van der Waals surface area contributed by atoms with Crippen LogP contribution in [0, 0.1) is 0 Å². The standard InChI is InChI=1S/C6H10O4S/c7-3-2-1-11-6(10-2)5(9)4(3)8/h2-9H,1H2/t2-,3-,4+,5+,6+/m1/s1. The quantitative estimate of drug-likeness (QED) is 0.423. The first kappa shape index (κ1) is 7.82. The summed E-state index contributed by atoms with van der Waals surface area (Å²) in [5.41, 5.74) is -0.349. The van der Waals surface area contributed by atoms with Gasteiger partial charge in [-0.1, -0.05) is 0 Å². The maximum Gasteiger partial charge on any atom is 0.132 e. The lowest BCUT2D eigenvalue weighted by Crippen LogP contribution is -2.53. The number of thioether (sulfide) groups is 1. The summed E-state index contributed by atoms with van der Waals surface area (Å²) >= 11 is 1.44. The highest BCUT2D eigenvalue weighted by atomic mass is 32.2. The molecule has 2 heterocycles. The Labute approximate surface area is 68.2 Å². The molecular formula is C6H10O4S. The Hall–Kier alpha value is 0.190. The molecule has 3 N–H and O–H groups in total. The molecule has 0 aromatic rings. The van der Waals surface area contributed by atoms with Crippen molar-refractivity contribution >= 4 is 11.8 Å². The molecular weight excluding hydrogens is 168 g/mol. The maximum atomic E-state index is 9.29. The van der Waals surface area contributed by atoms with Crippen molar-refractivity contribution in [1.29, 1.82) is 0 Å². The van der Waals surface area contributed by atoms with Gasteiger partial charge in [0.2, 0.25) is 0 Å². The normalized spacial score (nSPS) is 56.5. The number of aliphatic hydroxyl groups excluding tert-OH is 3. The molecule has 2 saturated heterocycles. The zero-order valence-electron chi connectivity index (χ0n) is 5.75. The fraction of sp³-hybridized carbons (Fsp3) is 1.00. The topological polar surface area (TPSA) is 69.9 Å². The molecule has 0 aromatic heterocycles. The maximum absolute atomic E-state index is 9.29. The third kappa shape index (κ3) is 1.08. The molecule has 2 rings (SSSR count). The van der Waals surface area contributed by atoms with Gasteiger partial charge in [-0.15, -0.1) is 11.8 Å². The summed E-state index contributed by atoms with van der Waals surface area (Å²) < 4.78 is 5.20. The van der Waals surface area contributed by atoms with E-state index in [-0.39, 0.29) is 11.5 Å². The number of hydrogen-bond acceptors (Lipinski definition) is 5. The van der Waals surface area contributed by atoms with Crippen molar-refractivity contribution in [3.8, 4) is 0 Å². The van der Waals surface area contributed by atoms with Crippen molar-refractivity contribution < 1.29 is 20.1 Å². The smallest absolute Gasteiger partial charge is 0.132 e. The van der Waals surface area contributed by atoms with Crippen LogP contribution in [-0.4, -0.2) is 50.9 Å². The summed E-state index contributed by atoms with van der Waals surface area (Å²) in [5.74, 6) is 0.653. The van der Waals surface area contributed by atoms with Gasteiger partial charge in [0.05, 0.1) is 6.10 Å². The Morgan fingerprint density at radius 1 is 1.09 bits per heavy atom. The number of fused-ring (bicyclic) bond motifs is 2. The van der Waals surface area contributed by atoms with Gasteiger partial charge in [-0.2, -0.15) is 0 Å². The fourth-order valence-corrected chi connectivity index (χ4v) is 2.62. The molecule has 5 heteroatoms. The molecule has 11 heavy (non-hydrogen) atoms. The van der Waals surface area contributed by atoms with E-state index in [1.54, 1.807) is 0 Å². The van der Waals surface area contributed by atoms with E-state index in [4.69, 9.17) is 4.74 Å². The van der Waals surface area contributed by atoms with Crippen LogP contribution in [-0.2, 0) is 4.74 Å². The molecule has 2 fully saturated rings. The molecule has 0 saturated carbocycles. The number of hydrogen-bond donors (Lipinski definition) is 3. The molecule has 0 aromatic carbocycles. The Balaban J connectivity index is 2.16. The van der Waals surface area contributed by atoms with Crippen LogP contribution in [0.15, 0.2) is 0 Å². The van der Waals surface area contributed by atoms with Crippen molar-refractivity contribution in [2.45, 2.75) is 29.9 Å². The van der Waals surface area contributed by atoms with E-state index in [1.165, 1.54) is 11.8 Å². The van der Waals surface area contributed by atoms with Crippen molar-refractivity contribution in [3.05, 3.63) is 0 Å². The Kier molecular flexibility index (Phi) is 1.85. The van der Waals surface area contributed by atoms with Crippen LogP contribution in [0.25, 0.3) is 0 Å². The monoisotopic (exact) mass is 178 g/mol. The van der Waals surface area contributed by atoms with Gasteiger partial charge in [-0.05, 0) is 0 Å². The average molecular weight is 178 g/mol. The molecule has 0 spiro atoms. The Bertz CT molecular complexity index is 145. The second kappa shape index (κ2) is 2.60. The van der Waals surface area contributed by atoms with Gasteiger partial charge in [0.25, 0.3) is 0 Å². The van der Waals surface area contributed by atoms with Gasteiger partial charge in [0, 0.05) is 5.75 Å². The van der Waals surface area contributed by atoms with Crippen LogP contribution in [0.4, 0.5) is 0 Å². The predicted molar refractivity (Wildman–Crippen MR) is 39.1 cm³/mol. The molecule has 5 atom stereocenters. The van der Waals surface area contributed by atoms with Crippen molar-refractivity contribution in [2.24, 2.45) is 0 Å². The second-order valence-corrected chi connectivity index (χ2v) is 3.98. The first-order chi connectivity index (χ1) is 5.20. The zero-order chi connectivity index (χ0) is 8.01. The van der Waals surface area contributed by atoms with Crippen LogP contribution in [0.1, 0.15) is 0 Å². The zero-order valence-corrected chi connectivity index (χ0v) is 6.57. The highest BCUT2D eigenvalue weighted by Crippen LogP contribution is 2.36. The minimum Gasteiger partial charge on any atom is -0.388 e. The van der Waals surface area contributed by atoms with E-state index in [0.29, 0.717) is 5.75 Å². The number of rotatable bonds is 0. The first-order valence-corrected chi connectivity index (χ1v) is 4.56. The van der Waals surface area contributed by atoms with E-state index in [0.717, 1.165) is 0 Å². The minimum atomic E-state index is -1.05. The fourth-order valence-electron chi connectivity index (χ4n) is 1.38. The molecule has 64 valence electrons. The SMILES string of the molecule is O[C@H]1[C@H](O)[C@H]2CS[C@H](O2)[C@H]1O. The van der Waals surface area contributed by atoms with Crippen LogP contribution in [0.2, 0.25) is 0 Å². The van der Waals surface area contributed by atoms with E-state index in [1.807, 2.05) is 0 Å². The van der Waals surface area contributed by atoms with E-state index >= 15 is 0 Å². The van der Waals surface area contributed by atoms with E-state index < -0.39 is 18.3 Å². The number of aliphatic hydroxyl groups is 3. The molecule has 4 nitrogen and oxygen atoms in total. The van der Waals surface area contributed by atoms with Gasteiger partial charge in [-0.25, -0.2) is 0 Å². The van der Waals surface area contributed by atoms with Gasteiger partial charge in [0.15, 0.2) is 0 Å². The summed E-state index contributed by atoms with van der Waals surface area (Å²) in [6, 6.07) is 0. The second-order valence-electron chi connectivity index (χ2n) is 2.85. The van der Waals surface area contributed by atoms with Crippen LogP contribution in [0.3, 0.4) is 0 Å². The van der Waals surface area contributed by atoms with Crippen LogP contribution >= 0.6 is 11.8 Å². The predicted octanol–water partition coefficient (Wildman–Crippen LogP) is -1.46. The lowest BCUT2D eigenvalue weighted by Gasteiger charge is -2.33. The van der Waals surface area contributed by atoms with Gasteiger partial charge in [0.1, 0.15) is 23.7 Å². The number of ether oxygens (including phenoxy) is 1. The summed E-state index contributed by atoms with van der Waals surface area (Å²) in [7, 11) is 0. The summed E-state index contributed by atoms with van der Waals surface area (Å²) in [6.45, 7) is 0. The average Bonchev–Trinajstić information content (AvgIpc) is 2.44. The lowest BCUT2D eigenvalue weighted by molar-refractivity contribution is -0.183.